The average Bonchev–Trinajstić information content (AvgIpc) is 3.43. The van der Waals surface area contributed by atoms with E-state index in [-0.39, 0.29) is 29.9 Å². The van der Waals surface area contributed by atoms with Crippen molar-refractivity contribution >= 4 is 29.1 Å². The fraction of sp³-hybridized carbons (Fsp3) is 0.423. The molecule has 0 saturated heterocycles. The molecule has 184 valence electrons. The van der Waals surface area contributed by atoms with Crippen molar-refractivity contribution in [2.75, 3.05) is 6.54 Å². The lowest BCUT2D eigenvalue weighted by molar-refractivity contribution is -0.148. The van der Waals surface area contributed by atoms with Crippen molar-refractivity contribution in [3.63, 3.8) is 0 Å². The fourth-order valence-electron chi connectivity index (χ4n) is 4.38. The number of nitriles is 1. The van der Waals surface area contributed by atoms with E-state index in [4.69, 9.17) is 5.26 Å². The van der Waals surface area contributed by atoms with Crippen LogP contribution in [0, 0.1) is 17.2 Å². The quantitative estimate of drug-likeness (QED) is 0.559. The third-order valence-corrected chi connectivity index (χ3v) is 6.79. The van der Waals surface area contributed by atoms with E-state index in [9.17, 15) is 19.5 Å². The van der Waals surface area contributed by atoms with E-state index < -0.39 is 29.4 Å². The predicted octanol–water partition coefficient (Wildman–Crippen LogP) is 4.07. The topological polar surface area (TPSA) is 123 Å². The fourth-order valence-corrected chi connectivity index (χ4v) is 5.13. The molecular formula is C26H30N4O4S. The lowest BCUT2D eigenvalue weighted by Gasteiger charge is -2.39. The number of amides is 2. The molecule has 0 aliphatic carbocycles. The third-order valence-electron chi connectivity index (χ3n) is 5.96. The Balaban J connectivity index is 2.20. The van der Waals surface area contributed by atoms with Gasteiger partial charge in [-0.15, -0.1) is 11.3 Å². The Morgan fingerprint density at radius 2 is 1.91 bits per heavy atom. The van der Waals surface area contributed by atoms with Crippen molar-refractivity contribution in [1.29, 1.82) is 5.26 Å². The van der Waals surface area contributed by atoms with Gasteiger partial charge in [-0.3, -0.25) is 9.59 Å². The standard InChI is InChI=1S/C26H30N4O4S/c1-16(2)14-26(24(33)34)15-19(21(31)28-11-10-27)20(22-29-12-13-35-22)30(26)23(32)17-6-8-18(9-7-17)25(3,4)5/h6-9,12-13,15-16,20H,11,14H2,1-5H3,(H,28,31)(H,33,34)/t20-,26+/m1/s1. The molecule has 1 aliphatic rings. The van der Waals surface area contributed by atoms with E-state index in [0.29, 0.717) is 10.6 Å². The monoisotopic (exact) mass is 494 g/mol. The van der Waals surface area contributed by atoms with Crippen LogP contribution in [-0.4, -0.2) is 44.9 Å². The Kier molecular flexibility index (Phi) is 7.46. The van der Waals surface area contributed by atoms with Gasteiger partial charge in [-0.2, -0.15) is 5.26 Å². The summed E-state index contributed by atoms with van der Waals surface area (Å²) in [5.41, 5.74) is -0.426. The van der Waals surface area contributed by atoms with Crippen molar-refractivity contribution < 1.29 is 19.5 Å². The van der Waals surface area contributed by atoms with E-state index in [0.717, 1.165) is 5.56 Å². The molecule has 2 aromatic rings. The molecule has 0 bridgehead atoms. The molecule has 0 spiro atoms. The van der Waals surface area contributed by atoms with Crippen molar-refractivity contribution in [1.82, 2.24) is 15.2 Å². The van der Waals surface area contributed by atoms with Crippen LogP contribution in [0.1, 0.15) is 68.0 Å². The molecule has 0 saturated carbocycles. The number of aromatic nitrogens is 1. The zero-order valence-corrected chi connectivity index (χ0v) is 21.3. The summed E-state index contributed by atoms with van der Waals surface area (Å²) in [6.07, 6.45) is 3.02. The number of hydrogen-bond donors (Lipinski definition) is 2. The second kappa shape index (κ2) is 10.0. The maximum Gasteiger partial charge on any atom is 0.333 e. The molecule has 8 nitrogen and oxygen atoms in total. The average molecular weight is 495 g/mol. The third kappa shape index (κ3) is 5.13. The van der Waals surface area contributed by atoms with E-state index in [2.05, 4.69) is 31.1 Å². The molecular weight excluding hydrogens is 464 g/mol. The Bertz CT molecular complexity index is 1170. The zero-order chi connectivity index (χ0) is 26.0. The van der Waals surface area contributed by atoms with Gasteiger partial charge in [0.1, 0.15) is 17.6 Å². The van der Waals surface area contributed by atoms with Gasteiger partial charge in [0.2, 0.25) is 5.91 Å². The SMILES string of the molecule is CC(C)C[C@@]1(C(=O)O)C=C(C(=O)NCC#N)[C@H](c2nccs2)N1C(=O)c1ccc(C(C)(C)C)cc1. The molecule has 3 rings (SSSR count). The normalized spacial score (nSPS) is 19.9. The Labute approximate surface area is 209 Å². The minimum absolute atomic E-state index is 0.0953. The number of rotatable bonds is 7. The summed E-state index contributed by atoms with van der Waals surface area (Å²) in [5, 5.41) is 24.0. The summed E-state index contributed by atoms with van der Waals surface area (Å²) in [7, 11) is 0. The molecule has 1 aliphatic heterocycles. The van der Waals surface area contributed by atoms with Crippen LogP contribution in [0.2, 0.25) is 0 Å². The maximum atomic E-state index is 14.0. The molecule has 2 N–H and O–H groups in total. The molecule has 35 heavy (non-hydrogen) atoms. The van der Waals surface area contributed by atoms with Crippen LogP contribution in [0.15, 0.2) is 47.5 Å². The van der Waals surface area contributed by atoms with Crippen LogP contribution < -0.4 is 5.32 Å². The second-order valence-electron chi connectivity index (χ2n) is 10.0. The second-order valence-corrected chi connectivity index (χ2v) is 11.0. The minimum atomic E-state index is -1.76. The lowest BCUT2D eigenvalue weighted by atomic mass is 9.86. The number of carboxylic acids is 1. The largest absolute Gasteiger partial charge is 0.479 e. The van der Waals surface area contributed by atoms with Crippen LogP contribution in [-0.2, 0) is 15.0 Å². The van der Waals surface area contributed by atoms with Crippen LogP contribution in [0.5, 0.6) is 0 Å². The number of nitrogens with zero attached hydrogens (tertiary/aromatic N) is 3. The summed E-state index contributed by atoms with van der Waals surface area (Å²) in [4.78, 5) is 45.6. The lowest BCUT2D eigenvalue weighted by Crippen LogP contribution is -2.55. The number of thiazole rings is 1. The molecule has 0 fully saturated rings. The van der Waals surface area contributed by atoms with Gasteiger partial charge >= 0.3 is 5.97 Å². The Morgan fingerprint density at radius 3 is 2.40 bits per heavy atom. The number of hydrogen-bond acceptors (Lipinski definition) is 6. The summed E-state index contributed by atoms with van der Waals surface area (Å²) < 4.78 is 0. The molecule has 0 unspecified atom stereocenters. The van der Waals surface area contributed by atoms with Crippen LogP contribution in [0.4, 0.5) is 0 Å². The predicted molar refractivity (Wildman–Crippen MR) is 133 cm³/mol. The summed E-state index contributed by atoms with van der Waals surface area (Å²) in [5.74, 6) is -2.43. The summed E-state index contributed by atoms with van der Waals surface area (Å²) >= 11 is 1.23. The van der Waals surface area contributed by atoms with Gasteiger partial charge in [-0.1, -0.05) is 46.8 Å². The number of aliphatic carboxylic acids is 1. The smallest absolute Gasteiger partial charge is 0.333 e. The first kappa shape index (κ1) is 26.1. The van der Waals surface area contributed by atoms with E-state index in [1.807, 2.05) is 32.0 Å². The maximum absolute atomic E-state index is 14.0. The number of carbonyl (C=O) groups excluding carboxylic acids is 2. The van der Waals surface area contributed by atoms with Gasteiger partial charge in [0.05, 0.1) is 6.07 Å². The van der Waals surface area contributed by atoms with E-state index in [1.54, 1.807) is 23.7 Å². The van der Waals surface area contributed by atoms with Gasteiger partial charge in [0, 0.05) is 22.7 Å². The number of nitrogens with one attached hydrogen (secondary N) is 1. The van der Waals surface area contributed by atoms with Crippen molar-refractivity contribution in [2.24, 2.45) is 5.92 Å². The zero-order valence-electron chi connectivity index (χ0n) is 20.5. The summed E-state index contributed by atoms with van der Waals surface area (Å²) in [6, 6.07) is 7.96. The van der Waals surface area contributed by atoms with Gasteiger partial charge in [0.25, 0.3) is 5.91 Å². The van der Waals surface area contributed by atoms with Crippen molar-refractivity contribution in [3.05, 3.63) is 63.6 Å². The molecule has 2 heterocycles. The highest BCUT2D eigenvalue weighted by Crippen LogP contribution is 2.47. The molecule has 2 amide bonds. The van der Waals surface area contributed by atoms with Crippen LogP contribution in [0.25, 0.3) is 0 Å². The van der Waals surface area contributed by atoms with Crippen molar-refractivity contribution in [3.8, 4) is 6.07 Å². The van der Waals surface area contributed by atoms with Crippen LogP contribution in [0.3, 0.4) is 0 Å². The van der Waals surface area contributed by atoms with Crippen LogP contribution >= 0.6 is 11.3 Å². The molecule has 0 radical (unpaired) electrons. The highest BCUT2D eigenvalue weighted by molar-refractivity contribution is 7.09. The highest BCUT2D eigenvalue weighted by atomic mass is 32.1. The van der Waals surface area contributed by atoms with Crippen molar-refractivity contribution in [2.45, 2.75) is 58.0 Å². The van der Waals surface area contributed by atoms with Gasteiger partial charge in [-0.05, 0) is 41.5 Å². The number of carboxylic acid groups (broad SMARTS) is 1. The first-order chi connectivity index (χ1) is 16.4. The minimum Gasteiger partial charge on any atom is -0.479 e. The summed E-state index contributed by atoms with van der Waals surface area (Å²) in [6.45, 7) is 9.69. The Morgan fingerprint density at radius 1 is 1.26 bits per heavy atom. The Hall–Kier alpha value is -3.51. The van der Waals surface area contributed by atoms with Gasteiger partial charge in [-0.25, -0.2) is 9.78 Å². The molecule has 2 atom stereocenters. The molecule has 1 aromatic heterocycles. The number of carbonyl (C=O) groups is 3. The van der Waals surface area contributed by atoms with Gasteiger partial charge in [0.15, 0.2) is 5.54 Å². The van der Waals surface area contributed by atoms with E-state index in [1.165, 1.54) is 22.3 Å². The highest BCUT2D eigenvalue weighted by Gasteiger charge is 2.56. The number of benzene rings is 1. The molecule has 9 heteroatoms. The van der Waals surface area contributed by atoms with Gasteiger partial charge < -0.3 is 15.3 Å². The first-order valence-electron chi connectivity index (χ1n) is 11.4. The first-order valence-corrected chi connectivity index (χ1v) is 12.2. The van der Waals surface area contributed by atoms with E-state index >= 15 is 0 Å². The molecule has 1 aromatic carbocycles.